The van der Waals surface area contributed by atoms with Crippen LogP contribution in [-0.4, -0.2) is 30.8 Å². The molecule has 0 heterocycles. The van der Waals surface area contributed by atoms with Crippen LogP contribution in [0.1, 0.15) is 12.5 Å². The molecule has 0 atom stereocenters. The van der Waals surface area contributed by atoms with Gasteiger partial charge >= 0.3 is 0 Å². The van der Waals surface area contributed by atoms with Crippen LogP contribution in [-0.2, 0) is 4.79 Å². The first kappa shape index (κ1) is 23.8. The minimum Gasteiger partial charge on any atom is -0.494 e. The number of benzene rings is 3. The third kappa shape index (κ3) is 8.66. The van der Waals surface area contributed by atoms with E-state index in [1.54, 1.807) is 12.1 Å². The van der Waals surface area contributed by atoms with E-state index in [4.69, 9.17) is 26.4 Å². The molecule has 3 rings (SSSR count). The van der Waals surface area contributed by atoms with Crippen LogP contribution in [0, 0.1) is 0 Å². The number of hydrogen-bond donors (Lipinski definition) is 2. The lowest BCUT2D eigenvalue weighted by Gasteiger charge is -2.11. The Bertz CT molecular complexity index is 1070. The van der Waals surface area contributed by atoms with Crippen LogP contribution >= 0.6 is 12.2 Å². The molecule has 2 N–H and O–H groups in total. The molecule has 0 aliphatic carbocycles. The molecule has 3 aromatic carbocycles. The first-order chi connectivity index (χ1) is 16.1. The topological polar surface area (TPSA) is 68.8 Å². The monoisotopic (exact) mass is 462 g/mol. The zero-order valence-electron chi connectivity index (χ0n) is 18.3. The summed E-state index contributed by atoms with van der Waals surface area (Å²) in [7, 11) is 0. The standard InChI is InChI=1S/C26H26N2O4S/c1-2-30-23-14-11-20(12-15-23)13-16-25(29)28-26(33)27-21-7-6-10-24(19-21)32-18-17-31-22-8-4-3-5-9-22/h3-16,19H,2,17-18H2,1H3,(H2,27,28,29,33)/b16-13+. The maximum Gasteiger partial charge on any atom is 0.250 e. The largest absolute Gasteiger partial charge is 0.494 e. The summed E-state index contributed by atoms with van der Waals surface area (Å²) in [6, 6.07) is 24.4. The van der Waals surface area contributed by atoms with Gasteiger partial charge in [-0.3, -0.25) is 10.1 Å². The number of carbonyl (C=O) groups is 1. The van der Waals surface area contributed by atoms with Crippen molar-refractivity contribution in [3.05, 3.63) is 90.5 Å². The number of hydrogen-bond acceptors (Lipinski definition) is 5. The van der Waals surface area contributed by atoms with E-state index in [1.165, 1.54) is 6.08 Å². The van der Waals surface area contributed by atoms with Crippen molar-refractivity contribution in [2.75, 3.05) is 25.1 Å². The van der Waals surface area contributed by atoms with Gasteiger partial charge < -0.3 is 19.5 Å². The number of ether oxygens (including phenoxy) is 3. The molecule has 33 heavy (non-hydrogen) atoms. The van der Waals surface area contributed by atoms with Gasteiger partial charge in [-0.1, -0.05) is 36.4 Å². The molecule has 0 aliphatic rings. The Morgan fingerprint density at radius 2 is 1.52 bits per heavy atom. The Morgan fingerprint density at radius 1 is 0.848 bits per heavy atom. The van der Waals surface area contributed by atoms with Crippen LogP contribution in [0.5, 0.6) is 17.2 Å². The first-order valence-electron chi connectivity index (χ1n) is 10.6. The number of thiocarbonyl (C=S) groups is 1. The van der Waals surface area contributed by atoms with E-state index in [-0.39, 0.29) is 11.0 Å². The summed E-state index contributed by atoms with van der Waals surface area (Å²) < 4.78 is 16.7. The summed E-state index contributed by atoms with van der Waals surface area (Å²) in [5, 5.41) is 5.81. The predicted octanol–water partition coefficient (Wildman–Crippen LogP) is 5.07. The van der Waals surface area contributed by atoms with Crippen molar-refractivity contribution in [2.24, 2.45) is 0 Å². The average molecular weight is 463 g/mol. The number of nitrogens with one attached hydrogen (secondary N) is 2. The second kappa shape index (κ2) is 12.9. The van der Waals surface area contributed by atoms with Crippen molar-refractivity contribution < 1.29 is 19.0 Å². The van der Waals surface area contributed by atoms with Crippen molar-refractivity contribution in [3.8, 4) is 17.2 Å². The quantitative estimate of drug-likeness (QED) is 0.249. The maximum atomic E-state index is 12.2. The first-order valence-corrected chi connectivity index (χ1v) is 11.0. The maximum absolute atomic E-state index is 12.2. The molecule has 0 radical (unpaired) electrons. The van der Waals surface area contributed by atoms with Gasteiger partial charge in [-0.2, -0.15) is 0 Å². The van der Waals surface area contributed by atoms with Gasteiger partial charge in [-0.25, -0.2) is 0 Å². The Balaban J connectivity index is 1.42. The van der Waals surface area contributed by atoms with Crippen molar-refractivity contribution in [2.45, 2.75) is 6.92 Å². The highest BCUT2D eigenvalue weighted by Gasteiger charge is 2.04. The fourth-order valence-corrected chi connectivity index (χ4v) is 3.05. The van der Waals surface area contributed by atoms with Crippen LogP contribution in [0.2, 0.25) is 0 Å². The summed E-state index contributed by atoms with van der Waals surface area (Å²) in [5.74, 6) is 1.93. The van der Waals surface area contributed by atoms with Crippen LogP contribution in [0.25, 0.3) is 6.08 Å². The fraction of sp³-hybridized carbons (Fsp3) is 0.154. The second-order valence-corrected chi connectivity index (χ2v) is 7.22. The van der Waals surface area contributed by atoms with E-state index >= 15 is 0 Å². The van der Waals surface area contributed by atoms with Crippen molar-refractivity contribution in [1.82, 2.24) is 5.32 Å². The zero-order valence-corrected chi connectivity index (χ0v) is 19.1. The van der Waals surface area contributed by atoms with E-state index in [9.17, 15) is 4.79 Å². The van der Waals surface area contributed by atoms with Gasteiger partial charge in [0.2, 0.25) is 5.91 Å². The molecule has 0 saturated heterocycles. The predicted molar refractivity (Wildman–Crippen MR) is 135 cm³/mol. The molecule has 0 aliphatic heterocycles. The average Bonchev–Trinajstić information content (AvgIpc) is 2.82. The van der Waals surface area contributed by atoms with E-state index in [0.29, 0.717) is 31.3 Å². The lowest BCUT2D eigenvalue weighted by atomic mass is 10.2. The molecule has 0 unspecified atom stereocenters. The Hall–Kier alpha value is -3.84. The van der Waals surface area contributed by atoms with Crippen molar-refractivity contribution in [3.63, 3.8) is 0 Å². The van der Waals surface area contributed by atoms with Gasteiger partial charge in [-0.05, 0) is 67.2 Å². The molecule has 7 heteroatoms. The molecule has 0 fully saturated rings. The molecule has 6 nitrogen and oxygen atoms in total. The molecule has 0 bridgehead atoms. The van der Waals surface area contributed by atoms with Crippen LogP contribution < -0.4 is 24.8 Å². The lowest BCUT2D eigenvalue weighted by molar-refractivity contribution is -0.115. The Kier molecular flexibility index (Phi) is 9.29. The summed E-state index contributed by atoms with van der Waals surface area (Å²) in [6.45, 7) is 3.37. The van der Waals surface area contributed by atoms with E-state index in [2.05, 4.69) is 10.6 Å². The van der Waals surface area contributed by atoms with Crippen molar-refractivity contribution in [1.29, 1.82) is 0 Å². The Labute approximate surface area is 199 Å². The number of anilines is 1. The number of amides is 1. The smallest absolute Gasteiger partial charge is 0.250 e. The molecule has 170 valence electrons. The number of rotatable bonds is 10. The van der Waals surface area contributed by atoms with Gasteiger partial charge in [0.1, 0.15) is 30.5 Å². The van der Waals surface area contributed by atoms with Gasteiger partial charge in [0.05, 0.1) is 6.61 Å². The summed E-state index contributed by atoms with van der Waals surface area (Å²) in [4.78, 5) is 12.2. The summed E-state index contributed by atoms with van der Waals surface area (Å²) >= 11 is 5.24. The van der Waals surface area contributed by atoms with Crippen molar-refractivity contribution >= 4 is 35.0 Å². The molecular weight excluding hydrogens is 436 g/mol. The van der Waals surface area contributed by atoms with E-state index < -0.39 is 0 Å². The van der Waals surface area contributed by atoms with Gasteiger partial charge in [0.15, 0.2) is 5.11 Å². The van der Waals surface area contributed by atoms with E-state index in [0.717, 1.165) is 17.1 Å². The number of para-hydroxylation sites is 1. The fourth-order valence-electron chi connectivity index (χ4n) is 2.83. The highest BCUT2D eigenvalue weighted by atomic mass is 32.1. The highest BCUT2D eigenvalue weighted by Crippen LogP contribution is 2.17. The molecular formula is C26H26N2O4S. The highest BCUT2D eigenvalue weighted by molar-refractivity contribution is 7.80. The number of carbonyl (C=O) groups excluding carboxylic acids is 1. The van der Waals surface area contributed by atoms with Gasteiger partial charge in [-0.15, -0.1) is 0 Å². The van der Waals surface area contributed by atoms with Gasteiger partial charge in [0.25, 0.3) is 0 Å². The summed E-state index contributed by atoms with van der Waals surface area (Å²) in [5.41, 5.74) is 1.59. The minimum absolute atomic E-state index is 0.195. The van der Waals surface area contributed by atoms with E-state index in [1.807, 2.05) is 79.7 Å². The van der Waals surface area contributed by atoms with Crippen LogP contribution in [0.15, 0.2) is 84.9 Å². The molecule has 1 amide bonds. The molecule has 0 spiro atoms. The lowest BCUT2D eigenvalue weighted by Crippen LogP contribution is -2.32. The third-order valence-electron chi connectivity index (χ3n) is 4.31. The van der Waals surface area contributed by atoms with Gasteiger partial charge in [0, 0.05) is 17.8 Å². The molecule has 3 aromatic rings. The molecule has 0 saturated carbocycles. The normalized spacial score (nSPS) is 10.5. The molecule has 0 aromatic heterocycles. The minimum atomic E-state index is -0.327. The Morgan fingerprint density at radius 3 is 2.24 bits per heavy atom. The van der Waals surface area contributed by atoms with Crippen LogP contribution in [0.4, 0.5) is 5.69 Å². The SMILES string of the molecule is CCOc1ccc(/C=C/C(=O)NC(=S)Nc2cccc(OCCOc3ccccc3)c2)cc1. The zero-order chi connectivity index (χ0) is 23.3. The third-order valence-corrected chi connectivity index (χ3v) is 4.52. The second-order valence-electron chi connectivity index (χ2n) is 6.82. The summed E-state index contributed by atoms with van der Waals surface area (Å²) in [6.07, 6.45) is 3.13. The van der Waals surface area contributed by atoms with Crippen LogP contribution in [0.3, 0.4) is 0 Å².